The molecule has 3 rings (SSSR count). The average molecular weight is 419 g/mol. The van der Waals surface area contributed by atoms with Crippen molar-refractivity contribution in [2.45, 2.75) is 25.3 Å². The van der Waals surface area contributed by atoms with Gasteiger partial charge in [-0.2, -0.15) is 4.99 Å². The zero-order chi connectivity index (χ0) is 20.3. The molecule has 0 saturated heterocycles. The zero-order valence-electron chi connectivity index (χ0n) is 16.0. The van der Waals surface area contributed by atoms with Gasteiger partial charge in [0.05, 0.1) is 27.3 Å². The maximum atomic E-state index is 12.8. The van der Waals surface area contributed by atoms with Gasteiger partial charge in [0.15, 0.2) is 14.6 Å². The van der Waals surface area contributed by atoms with Crippen LogP contribution in [0.3, 0.4) is 0 Å². The molecule has 3 aromatic rings. The Balaban J connectivity index is 2.13. The number of aryl methyl sites for hydroxylation is 1. The van der Waals surface area contributed by atoms with Crippen molar-refractivity contribution in [2.24, 2.45) is 4.99 Å². The maximum absolute atomic E-state index is 12.8. The van der Waals surface area contributed by atoms with Crippen LogP contribution in [0.4, 0.5) is 0 Å². The standard InChI is InChI=1S/C20H22N2O4S2/c1-4-26-12-11-22-16-10-9-14(2)13-17(16)27-20(22)21-19(23)15-7-5-6-8-18(15)28(3,24)25/h5-10,13H,4,11-12H2,1-3H3. The Morgan fingerprint density at radius 1 is 1.21 bits per heavy atom. The fourth-order valence-electron chi connectivity index (χ4n) is 2.90. The fourth-order valence-corrected chi connectivity index (χ4v) is 4.93. The number of benzene rings is 2. The van der Waals surface area contributed by atoms with Gasteiger partial charge in [-0.25, -0.2) is 8.42 Å². The Labute approximate surface area is 168 Å². The van der Waals surface area contributed by atoms with Crippen LogP contribution < -0.4 is 4.80 Å². The highest BCUT2D eigenvalue weighted by molar-refractivity contribution is 7.90. The minimum absolute atomic E-state index is 0.0124. The first kappa shape index (κ1) is 20.4. The quantitative estimate of drug-likeness (QED) is 0.576. The summed E-state index contributed by atoms with van der Waals surface area (Å²) in [5, 5.41) is 0. The number of fused-ring (bicyclic) bond motifs is 1. The molecule has 0 bridgehead atoms. The summed E-state index contributed by atoms with van der Waals surface area (Å²) in [6.45, 7) is 5.59. The second kappa shape index (κ2) is 8.38. The summed E-state index contributed by atoms with van der Waals surface area (Å²) in [7, 11) is -3.53. The van der Waals surface area contributed by atoms with Gasteiger partial charge in [-0.3, -0.25) is 4.79 Å². The molecule has 0 fully saturated rings. The van der Waals surface area contributed by atoms with Crippen LogP contribution in [0.15, 0.2) is 52.4 Å². The molecule has 1 amide bonds. The van der Waals surface area contributed by atoms with E-state index in [9.17, 15) is 13.2 Å². The molecule has 0 atom stereocenters. The molecule has 148 valence electrons. The lowest BCUT2D eigenvalue weighted by molar-refractivity contribution is 0.0993. The Morgan fingerprint density at radius 3 is 2.68 bits per heavy atom. The van der Waals surface area contributed by atoms with Gasteiger partial charge < -0.3 is 9.30 Å². The Morgan fingerprint density at radius 2 is 1.96 bits per heavy atom. The first-order chi connectivity index (χ1) is 13.3. The van der Waals surface area contributed by atoms with E-state index in [2.05, 4.69) is 4.99 Å². The van der Waals surface area contributed by atoms with Gasteiger partial charge in [-0.1, -0.05) is 29.5 Å². The van der Waals surface area contributed by atoms with Crippen LogP contribution in [0.5, 0.6) is 0 Å². The smallest absolute Gasteiger partial charge is 0.280 e. The second-order valence-corrected chi connectivity index (χ2v) is 9.38. The van der Waals surface area contributed by atoms with Gasteiger partial charge in [-0.05, 0) is 43.7 Å². The van der Waals surface area contributed by atoms with Crippen LogP contribution in [0.25, 0.3) is 10.2 Å². The molecule has 0 N–H and O–H groups in total. The largest absolute Gasteiger partial charge is 0.380 e. The van der Waals surface area contributed by atoms with Crippen molar-refractivity contribution in [2.75, 3.05) is 19.5 Å². The molecule has 28 heavy (non-hydrogen) atoms. The van der Waals surface area contributed by atoms with Gasteiger partial charge in [-0.15, -0.1) is 0 Å². The number of nitrogens with zero attached hydrogens (tertiary/aromatic N) is 2. The third-order valence-electron chi connectivity index (χ3n) is 4.22. The van der Waals surface area contributed by atoms with Gasteiger partial charge in [0.2, 0.25) is 0 Å². The average Bonchev–Trinajstić information content (AvgIpc) is 2.97. The number of hydrogen-bond donors (Lipinski definition) is 0. The molecule has 6 nitrogen and oxygen atoms in total. The third-order valence-corrected chi connectivity index (χ3v) is 6.41. The SMILES string of the molecule is CCOCCn1c(=NC(=O)c2ccccc2S(C)(=O)=O)sc2cc(C)ccc21. The molecule has 2 aromatic carbocycles. The number of carbonyl (C=O) groups excluding carboxylic acids is 1. The Bertz CT molecular complexity index is 1190. The van der Waals surface area contributed by atoms with Crippen molar-refractivity contribution in [1.29, 1.82) is 0 Å². The second-order valence-electron chi connectivity index (χ2n) is 6.39. The summed E-state index contributed by atoms with van der Waals surface area (Å²) >= 11 is 1.40. The van der Waals surface area contributed by atoms with E-state index in [1.54, 1.807) is 12.1 Å². The molecular weight excluding hydrogens is 396 g/mol. The van der Waals surface area contributed by atoms with Crippen LogP contribution in [-0.2, 0) is 21.1 Å². The number of hydrogen-bond acceptors (Lipinski definition) is 5. The summed E-state index contributed by atoms with van der Waals surface area (Å²) in [6.07, 6.45) is 1.09. The van der Waals surface area contributed by atoms with Crippen molar-refractivity contribution in [3.05, 3.63) is 58.4 Å². The van der Waals surface area contributed by atoms with E-state index in [0.29, 0.717) is 24.6 Å². The third kappa shape index (κ3) is 4.40. The first-order valence-corrected chi connectivity index (χ1v) is 11.6. The van der Waals surface area contributed by atoms with Gasteiger partial charge >= 0.3 is 0 Å². The molecule has 0 aliphatic heterocycles. The highest BCUT2D eigenvalue weighted by atomic mass is 32.2. The summed E-state index contributed by atoms with van der Waals surface area (Å²) in [4.78, 5) is 17.6. The minimum Gasteiger partial charge on any atom is -0.380 e. The number of aromatic nitrogens is 1. The Kier molecular flexibility index (Phi) is 6.12. The lowest BCUT2D eigenvalue weighted by Gasteiger charge is -2.06. The number of rotatable bonds is 6. The molecule has 1 aromatic heterocycles. The summed E-state index contributed by atoms with van der Waals surface area (Å²) in [6, 6.07) is 12.2. The normalized spacial score (nSPS) is 12.6. The molecule has 1 heterocycles. The number of sulfone groups is 1. The van der Waals surface area contributed by atoms with Gasteiger partial charge in [0, 0.05) is 19.4 Å². The molecule has 0 aliphatic carbocycles. The fraction of sp³-hybridized carbons (Fsp3) is 0.300. The summed E-state index contributed by atoms with van der Waals surface area (Å²) in [5.41, 5.74) is 2.17. The zero-order valence-corrected chi connectivity index (χ0v) is 17.6. The maximum Gasteiger partial charge on any atom is 0.280 e. The molecule has 0 saturated carbocycles. The molecular formula is C20H22N2O4S2. The van der Waals surface area contributed by atoms with E-state index in [4.69, 9.17) is 4.74 Å². The molecule has 0 radical (unpaired) electrons. The number of ether oxygens (including phenoxy) is 1. The topological polar surface area (TPSA) is 77.7 Å². The van der Waals surface area contributed by atoms with Crippen LogP contribution >= 0.6 is 11.3 Å². The molecule has 0 spiro atoms. The van der Waals surface area contributed by atoms with E-state index < -0.39 is 15.7 Å². The number of thiazole rings is 1. The first-order valence-electron chi connectivity index (χ1n) is 8.87. The van der Waals surface area contributed by atoms with Crippen LogP contribution in [0.1, 0.15) is 22.8 Å². The van der Waals surface area contributed by atoms with Crippen LogP contribution in [0.2, 0.25) is 0 Å². The molecule has 0 aliphatic rings. The number of amides is 1. The summed E-state index contributed by atoms with van der Waals surface area (Å²) in [5.74, 6) is -0.575. The van der Waals surface area contributed by atoms with E-state index in [1.807, 2.05) is 36.6 Å². The summed E-state index contributed by atoms with van der Waals surface area (Å²) < 4.78 is 32.5. The molecule has 8 heteroatoms. The lowest BCUT2D eigenvalue weighted by Crippen LogP contribution is -2.20. The Hall–Kier alpha value is -2.29. The van der Waals surface area contributed by atoms with Gasteiger partial charge in [0.25, 0.3) is 5.91 Å². The number of carbonyl (C=O) groups is 1. The van der Waals surface area contributed by atoms with Crippen molar-refractivity contribution in [3.63, 3.8) is 0 Å². The van der Waals surface area contributed by atoms with Crippen molar-refractivity contribution >= 4 is 37.3 Å². The highest BCUT2D eigenvalue weighted by Crippen LogP contribution is 2.20. The van der Waals surface area contributed by atoms with E-state index >= 15 is 0 Å². The van der Waals surface area contributed by atoms with Gasteiger partial charge in [0.1, 0.15) is 0 Å². The van der Waals surface area contributed by atoms with Crippen LogP contribution in [0, 0.1) is 6.92 Å². The predicted octanol–water partition coefficient (Wildman–Crippen LogP) is 3.19. The highest BCUT2D eigenvalue weighted by Gasteiger charge is 2.18. The van der Waals surface area contributed by atoms with E-state index in [0.717, 1.165) is 22.0 Å². The van der Waals surface area contributed by atoms with Crippen molar-refractivity contribution < 1.29 is 17.9 Å². The van der Waals surface area contributed by atoms with Crippen molar-refractivity contribution in [1.82, 2.24) is 4.57 Å². The molecule has 0 unspecified atom stereocenters. The monoisotopic (exact) mass is 418 g/mol. The van der Waals surface area contributed by atoms with E-state index in [1.165, 1.54) is 23.5 Å². The minimum atomic E-state index is -3.53. The van der Waals surface area contributed by atoms with E-state index in [-0.39, 0.29) is 10.5 Å². The lowest BCUT2D eigenvalue weighted by atomic mass is 10.2. The predicted molar refractivity (Wildman–Crippen MR) is 110 cm³/mol. The van der Waals surface area contributed by atoms with Crippen molar-refractivity contribution in [3.8, 4) is 0 Å². The van der Waals surface area contributed by atoms with Crippen LogP contribution in [-0.4, -0.2) is 38.4 Å².